The molecule has 0 aromatic heterocycles. The number of fused-ring (bicyclic) bond motifs is 8. The Labute approximate surface area is 450 Å². The third-order valence-electron chi connectivity index (χ3n) is 13.2. The molecule has 8 nitrogen and oxygen atoms in total. The molecule has 0 spiro atoms. The minimum Gasteiger partial charge on any atom is -0.493 e. The van der Waals surface area contributed by atoms with Crippen LogP contribution in [0, 0.1) is 0 Å². The molecule has 8 bridgehead atoms. The highest BCUT2D eigenvalue weighted by atomic mass is 16.5. The molecule has 1 aliphatic carbocycles. The third kappa shape index (κ3) is 14.3. The summed E-state index contributed by atoms with van der Waals surface area (Å²) in [5.74, 6) is 6.26. The first-order valence-corrected chi connectivity index (χ1v) is 27.3. The smallest absolute Gasteiger partial charge is 0.126 e. The van der Waals surface area contributed by atoms with Gasteiger partial charge in [0.05, 0.1) is 26.4 Å². The maximum Gasteiger partial charge on any atom is 0.126 e. The molecule has 0 heterocycles. The zero-order valence-corrected chi connectivity index (χ0v) is 44.7. The van der Waals surface area contributed by atoms with E-state index in [1.807, 2.05) is 72.8 Å². The van der Waals surface area contributed by atoms with Gasteiger partial charge < -0.3 is 37.9 Å². The first-order chi connectivity index (χ1) is 37.5. The van der Waals surface area contributed by atoms with E-state index < -0.39 is 0 Å². The van der Waals surface area contributed by atoms with Gasteiger partial charge in [-0.1, -0.05) is 149 Å². The molecular weight excluding hydrogens is 945 g/mol. The van der Waals surface area contributed by atoms with Crippen molar-refractivity contribution in [2.75, 3.05) is 26.4 Å². The Balaban J connectivity index is 1.30. The highest BCUT2D eigenvalue weighted by molar-refractivity contribution is 5.61. The van der Waals surface area contributed by atoms with Crippen LogP contribution in [0.25, 0.3) is 0 Å². The van der Waals surface area contributed by atoms with Gasteiger partial charge in [0.2, 0.25) is 0 Å². The van der Waals surface area contributed by atoms with Gasteiger partial charge in [0, 0.05) is 70.2 Å². The summed E-state index contributed by atoms with van der Waals surface area (Å²) in [6, 6.07) is 58.4. The zero-order valence-electron chi connectivity index (χ0n) is 44.7. The molecule has 0 amide bonds. The first kappa shape index (κ1) is 53.0. The van der Waals surface area contributed by atoms with E-state index in [9.17, 15) is 0 Å². The average molecular weight is 1020 g/mol. The summed E-state index contributed by atoms with van der Waals surface area (Å²) in [5, 5.41) is 0. The van der Waals surface area contributed by atoms with Crippen LogP contribution in [-0.2, 0) is 52.1 Å². The van der Waals surface area contributed by atoms with E-state index in [1.54, 1.807) is 0 Å². The van der Waals surface area contributed by atoms with Crippen molar-refractivity contribution in [1.29, 1.82) is 0 Å². The fourth-order valence-electron chi connectivity index (χ4n) is 9.62. The largest absolute Gasteiger partial charge is 0.493 e. The Morgan fingerprint density at radius 2 is 0.434 bits per heavy atom. The lowest BCUT2D eigenvalue weighted by Gasteiger charge is -2.25. The van der Waals surface area contributed by atoms with Gasteiger partial charge in [-0.2, -0.15) is 0 Å². The Kier molecular flexibility index (Phi) is 18.9. The molecule has 0 N–H and O–H groups in total. The van der Waals surface area contributed by atoms with Crippen molar-refractivity contribution in [2.24, 2.45) is 0 Å². The second kappa shape index (κ2) is 27.1. The SMILES string of the molecule is CCCOc1c2cc(OCc3ccccc3)cc1Cc1cc(OCc3ccccc3)cc(c1OCCC)Cc1cc(OCc3ccccc3)cc(c1OCCC)Cc1cc(OCc3ccccc3)cc(c1OCCC)C2. The van der Waals surface area contributed by atoms with Crippen LogP contribution >= 0.6 is 0 Å². The van der Waals surface area contributed by atoms with Crippen molar-refractivity contribution in [3.8, 4) is 46.0 Å². The van der Waals surface area contributed by atoms with E-state index in [-0.39, 0.29) is 0 Å². The van der Waals surface area contributed by atoms with E-state index in [1.165, 1.54) is 0 Å². The minimum absolute atomic E-state index is 0.405. The number of hydrogen-bond donors (Lipinski definition) is 0. The van der Waals surface area contributed by atoms with Crippen LogP contribution < -0.4 is 37.9 Å². The number of rotatable bonds is 24. The maximum atomic E-state index is 6.96. The molecule has 8 heteroatoms. The predicted molar refractivity (Wildman–Crippen MR) is 303 cm³/mol. The molecule has 392 valence electrons. The van der Waals surface area contributed by atoms with Crippen LogP contribution in [0.15, 0.2) is 170 Å². The third-order valence-corrected chi connectivity index (χ3v) is 13.2. The van der Waals surface area contributed by atoms with Crippen molar-refractivity contribution in [3.63, 3.8) is 0 Å². The van der Waals surface area contributed by atoms with Crippen LogP contribution in [0.3, 0.4) is 0 Å². The molecule has 0 aliphatic heterocycles. The molecule has 9 rings (SSSR count). The van der Waals surface area contributed by atoms with E-state index >= 15 is 0 Å². The molecule has 0 unspecified atom stereocenters. The molecule has 1 aliphatic rings. The number of ether oxygens (including phenoxy) is 8. The van der Waals surface area contributed by atoms with Crippen molar-refractivity contribution in [1.82, 2.24) is 0 Å². The van der Waals surface area contributed by atoms with E-state index in [4.69, 9.17) is 37.9 Å². The Bertz CT molecular complexity index is 2570. The van der Waals surface area contributed by atoms with Gasteiger partial charge in [0.15, 0.2) is 0 Å². The van der Waals surface area contributed by atoms with Gasteiger partial charge >= 0.3 is 0 Å². The van der Waals surface area contributed by atoms with Gasteiger partial charge in [0.1, 0.15) is 72.4 Å². The fourth-order valence-corrected chi connectivity index (χ4v) is 9.62. The van der Waals surface area contributed by atoms with E-state index in [0.29, 0.717) is 78.5 Å². The van der Waals surface area contributed by atoms with E-state index in [2.05, 4.69) is 125 Å². The summed E-state index contributed by atoms with van der Waals surface area (Å²) >= 11 is 0. The lowest BCUT2D eigenvalue weighted by atomic mass is 9.90. The summed E-state index contributed by atoms with van der Waals surface area (Å²) in [6.07, 6.45) is 5.21. The molecule has 0 saturated carbocycles. The molecule has 0 radical (unpaired) electrons. The first-order valence-electron chi connectivity index (χ1n) is 27.3. The molecule has 0 fully saturated rings. The second-order valence-electron chi connectivity index (χ2n) is 19.5. The van der Waals surface area contributed by atoms with Crippen molar-refractivity contribution >= 4 is 0 Å². The summed E-state index contributed by atoms with van der Waals surface area (Å²) < 4.78 is 55.0. The van der Waals surface area contributed by atoms with Gasteiger partial charge in [-0.3, -0.25) is 0 Å². The van der Waals surface area contributed by atoms with Crippen LogP contribution in [0.1, 0.15) is 120 Å². The molecule has 8 aromatic rings. The maximum absolute atomic E-state index is 6.96. The van der Waals surface area contributed by atoms with Crippen LogP contribution in [0.5, 0.6) is 46.0 Å². The van der Waals surface area contributed by atoms with Crippen molar-refractivity contribution < 1.29 is 37.9 Å². The normalized spacial score (nSPS) is 11.8. The van der Waals surface area contributed by atoms with E-state index in [0.717, 1.165) is 138 Å². The quantitative estimate of drug-likeness (QED) is 0.0593. The van der Waals surface area contributed by atoms with Gasteiger partial charge in [-0.05, 0) is 96.5 Å². The zero-order chi connectivity index (χ0) is 52.3. The number of hydrogen-bond acceptors (Lipinski definition) is 8. The Hall–Kier alpha value is -7.84. The van der Waals surface area contributed by atoms with Crippen molar-refractivity contribution in [3.05, 3.63) is 237 Å². The highest BCUT2D eigenvalue weighted by Gasteiger charge is 2.26. The predicted octanol–water partition coefficient (Wildman–Crippen LogP) is 15.8. The van der Waals surface area contributed by atoms with Crippen LogP contribution in [0.4, 0.5) is 0 Å². The topological polar surface area (TPSA) is 73.8 Å². The molecular formula is C68H72O8. The average Bonchev–Trinajstić information content (AvgIpc) is 3.46. The summed E-state index contributed by atoms with van der Waals surface area (Å²) in [6.45, 7) is 12.3. The Morgan fingerprint density at radius 3 is 0.605 bits per heavy atom. The summed E-state index contributed by atoms with van der Waals surface area (Å²) in [5.41, 5.74) is 12.2. The fraction of sp³-hybridized carbons (Fsp3) is 0.294. The van der Waals surface area contributed by atoms with Gasteiger partial charge in [-0.15, -0.1) is 0 Å². The van der Waals surface area contributed by atoms with Crippen molar-refractivity contribution in [2.45, 2.75) is 105 Å². The number of benzene rings is 8. The summed E-state index contributed by atoms with van der Waals surface area (Å²) in [4.78, 5) is 0. The highest BCUT2D eigenvalue weighted by Crippen LogP contribution is 2.44. The molecule has 0 atom stereocenters. The van der Waals surface area contributed by atoms with Gasteiger partial charge in [0.25, 0.3) is 0 Å². The van der Waals surface area contributed by atoms with Crippen LogP contribution in [0.2, 0.25) is 0 Å². The van der Waals surface area contributed by atoms with Gasteiger partial charge in [-0.25, -0.2) is 0 Å². The standard InChI is InChI=1S/C68H72O8/c1-5-29-69-65-53-33-55-39-62(74-46-50-23-15-10-16-24-50)41-57(66(55)70-30-6-2)35-59-43-64(76-48-52-27-19-12-20-28-52)44-60(68(59)72-32-8-4)36-58-42-63(75-47-51-25-17-11-18-26-51)40-56(67(58)71-31-7-3)34-54(65)38-61(37-53)73-45-49-21-13-9-14-22-49/h9-28,37-44H,5-8,29-36,45-48H2,1-4H3. The molecule has 8 aromatic carbocycles. The second-order valence-corrected chi connectivity index (χ2v) is 19.5. The Morgan fingerprint density at radius 1 is 0.250 bits per heavy atom. The summed E-state index contributed by atoms with van der Waals surface area (Å²) in [7, 11) is 0. The lowest BCUT2D eigenvalue weighted by Crippen LogP contribution is -2.11. The van der Waals surface area contributed by atoms with Crippen LogP contribution in [-0.4, -0.2) is 26.4 Å². The monoisotopic (exact) mass is 1020 g/mol. The minimum atomic E-state index is 0.405. The molecule has 0 saturated heterocycles. The lowest BCUT2D eigenvalue weighted by molar-refractivity contribution is 0.292. The molecule has 76 heavy (non-hydrogen) atoms.